The van der Waals surface area contributed by atoms with Gasteiger partial charge in [-0.1, -0.05) is 43.2 Å². The van der Waals surface area contributed by atoms with Crippen LogP contribution in [0, 0.1) is 0 Å². The van der Waals surface area contributed by atoms with E-state index in [0.29, 0.717) is 31.4 Å². The molecular formula is C22H31N3O5S. The summed E-state index contributed by atoms with van der Waals surface area (Å²) in [6, 6.07) is 7.76. The second-order valence-corrected chi connectivity index (χ2v) is 8.62. The molecule has 0 aliphatic heterocycles. The molecule has 1 fully saturated rings. The first kappa shape index (κ1) is 24.7. The molecule has 3 amide bonds. The molecule has 0 bridgehead atoms. The second kappa shape index (κ2) is 12.3. The van der Waals surface area contributed by atoms with Crippen molar-refractivity contribution in [3.05, 3.63) is 35.9 Å². The Kier molecular flexibility index (Phi) is 9.84. The monoisotopic (exact) mass is 449 g/mol. The van der Waals surface area contributed by atoms with E-state index in [9.17, 15) is 19.2 Å². The smallest absolute Gasteiger partial charge is 0.328 e. The number of methoxy groups -OCH3 is 1. The number of rotatable bonds is 12. The van der Waals surface area contributed by atoms with Crippen LogP contribution in [-0.4, -0.2) is 60.9 Å². The van der Waals surface area contributed by atoms with Crippen molar-refractivity contribution in [2.24, 2.45) is 0 Å². The zero-order valence-electron chi connectivity index (χ0n) is 18.0. The Labute approximate surface area is 187 Å². The average Bonchev–Trinajstić information content (AvgIpc) is 3.26. The number of ether oxygens (including phenoxy) is 1. The number of thioether (sulfide) groups is 1. The van der Waals surface area contributed by atoms with Crippen molar-refractivity contribution in [1.29, 1.82) is 0 Å². The number of esters is 1. The summed E-state index contributed by atoms with van der Waals surface area (Å²) in [6.07, 6.45) is 5.67. The minimum atomic E-state index is -1.11. The summed E-state index contributed by atoms with van der Waals surface area (Å²) in [5.74, 6) is -0.646. The molecule has 2 rings (SSSR count). The Morgan fingerprint density at radius 1 is 1.16 bits per heavy atom. The van der Waals surface area contributed by atoms with Gasteiger partial charge in [0.1, 0.15) is 17.6 Å². The van der Waals surface area contributed by atoms with E-state index in [1.807, 2.05) is 36.6 Å². The molecule has 0 spiro atoms. The number of carbonyl (C=O) groups excluding carboxylic acids is 4. The van der Waals surface area contributed by atoms with Crippen molar-refractivity contribution >= 4 is 36.0 Å². The molecule has 1 aliphatic rings. The summed E-state index contributed by atoms with van der Waals surface area (Å²) in [5, 5.41) is 8.21. The van der Waals surface area contributed by atoms with E-state index in [2.05, 4.69) is 16.0 Å². The predicted octanol–water partition coefficient (Wildman–Crippen LogP) is 1.18. The summed E-state index contributed by atoms with van der Waals surface area (Å²) in [4.78, 5) is 49.4. The molecule has 1 aromatic carbocycles. The van der Waals surface area contributed by atoms with Gasteiger partial charge >= 0.3 is 5.97 Å². The molecule has 1 saturated carbocycles. The van der Waals surface area contributed by atoms with Gasteiger partial charge in [0.15, 0.2) is 0 Å². The Morgan fingerprint density at radius 2 is 1.84 bits per heavy atom. The highest BCUT2D eigenvalue weighted by atomic mass is 32.2. The van der Waals surface area contributed by atoms with Crippen molar-refractivity contribution < 1.29 is 23.9 Å². The maximum Gasteiger partial charge on any atom is 0.328 e. The molecule has 0 unspecified atom stereocenters. The number of carbonyl (C=O) groups is 4. The summed E-state index contributed by atoms with van der Waals surface area (Å²) in [7, 11) is 1.28. The van der Waals surface area contributed by atoms with Crippen molar-refractivity contribution in [2.75, 3.05) is 19.1 Å². The second-order valence-electron chi connectivity index (χ2n) is 7.64. The van der Waals surface area contributed by atoms with E-state index >= 15 is 0 Å². The molecule has 0 aromatic heterocycles. The lowest BCUT2D eigenvalue weighted by molar-refractivity contribution is -0.146. The number of amides is 3. The van der Waals surface area contributed by atoms with Crippen LogP contribution in [0.4, 0.5) is 0 Å². The molecule has 0 heterocycles. The summed E-state index contributed by atoms with van der Waals surface area (Å²) < 4.78 is 4.88. The third-order valence-electron chi connectivity index (χ3n) is 5.52. The minimum Gasteiger partial charge on any atom is -0.467 e. The van der Waals surface area contributed by atoms with Crippen LogP contribution in [0.3, 0.4) is 0 Å². The van der Waals surface area contributed by atoms with Crippen LogP contribution in [0.1, 0.15) is 37.7 Å². The van der Waals surface area contributed by atoms with Gasteiger partial charge in [0.2, 0.25) is 18.2 Å². The molecule has 9 heteroatoms. The zero-order chi connectivity index (χ0) is 22.7. The van der Waals surface area contributed by atoms with Gasteiger partial charge < -0.3 is 20.7 Å². The Bertz CT molecular complexity index is 753. The van der Waals surface area contributed by atoms with Crippen LogP contribution in [0.5, 0.6) is 0 Å². The fourth-order valence-corrected chi connectivity index (χ4v) is 4.27. The molecular weight excluding hydrogens is 418 g/mol. The van der Waals surface area contributed by atoms with Crippen molar-refractivity contribution in [3.8, 4) is 0 Å². The lowest BCUT2D eigenvalue weighted by atomic mass is 9.94. The fraction of sp³-hybridized carbons (Fsp3) is 0.545. The van der Waals surface area contributed by atoms with Crippen molar-refractivity contribution in [3.63, 3.8) is 0 Å². The third kappa shape index (κ3) is 6.99. The Morgan fingerprint density at radius 3 is 2.42 bits per heavy atom. The fourth-order valence-electron chi connectivity index (χ4n) is 3.80. The van der Waals surface area contributed by atoms with Gasteiger partial charge in [-0.05, 0) is 36.8 Å². The minimum absolute atomic E-state index is 0.284. The molecule has 0 saturated heterocycles. The molecule has 0 radical (unpaired) electrons. The van der Waals surface area contributed by atoms with Crippen LogP contribution in [0.25, 0.3) is 0 Å². The first-order chi connectivity index (χ1) is 15.0. The lowest BCUT2D eigenvalue weighted by Crippen LogP contribution is -2.62. The molecule has 8 nitrogen and oxygen atoms in total. The van der Waals surface area contributed by atoms with Gasteiger partial charge in [-0.3, -0.25) is 14.4 Å². The average molecular weight is 450 g/mol. The van der Waals surface area contributed by atoms with Crippen LogP contribution in [0.2, 0.25) is 0 Å². The van der Waals surface area contributed by atoms with Crippen LogP contribution in [-0.2, 0) is 30.3 Å². The molecule has 2 atom stereocenters. The first-order valence-electron chi connectivity index (χ1n) is 10.4. The highest BCUT2D eigenvalue weighted by Gasteiger charge is 2.44. The van der Waals surface area contributed by atoms with Gasteiger partial charge in [0, 0.05) is 6.42 Å². The van der Waals surface area contributed by atoms with Crippen LogP contribution in [0.15, 0.2) is 30.3 Å². The topological polar surface area (TPSA) is 114 Å². The largest absolute Gasteiger partial charge is 0.467 e. The normalized spacial score (nSPS) is 16.6. The summed E-state index contributed by atoms with van der Waals surface area (Å²) in [5.41, 5.74) is -0.225. The lowest BCUT2D eigenvalue weighted by Gasteiger charge is -2.32. The van der Waals surface area contributed by atoms with Crippen LogP contribution >= 0.6 is 11.8 Å². The van der Waals surface area contributed by atoms with Crippen LogP contribution < -0.4 is 16.0 Å². The van der Waals surface area contributed by atoms with E-state index < -0.39 is 35.4 Å². The molecule has 170 valence electrons. The number of hydrogen-bond donors (Lipinski definition) is 3. The van der Waals surface area contributed by atoms with Gasteiger partial charge in [0.25, 0.3) is 0 Å². The summed E-state index contributed by atoms with van der Waals surface area (Å²) in [6.45, 7) is 0. The van der Waals surface area contributed by atoms with Gasteiger partial charge in [-0.2, -0.15) is 11.8 Å². The SMILES string of the molecule is COC(=O)[C@H](Cc1ccccc1)NC(=O)C1(NC(=O)[C@H](CCSC)NC=O)CCCC1. The molecule has 31 heavy (non-hydrogen) atoms. The Hall–Kier alpha value is -2.55. The van der Waals surface area contributed by atoms with Crippen molar-refractivity contribution in [1.82, 2.24) is 16.0 Å². The summed E-state index contributed by atoms with van der Waals surface area (Å²) >= 11 is 1.57. The predicted molar refractivity (Wildman–Crippen MR) is 119 cm³/mol. The third-order valence-corrected chi connectivity index (χ3v) is 6.17. The Balaban J connectivity index is 2.15. The molecule has 1 aromatic rings. The quantitative estimate of drug-likeness (QED) is 0.326. The number of benzene rings is 1. The zero-order valence-corrected chi connectivity index (χ0v) is 18.8. The van der Waals surface area contributed by atoms with Gasteiger partial charge in [-0.15, -0.1) is 0 Å². The van der Waals surface area contributed by atoms with Gasteiger partial charge in [-0.25, -0.2) is 4.79 Å². The number of hydrogen-bond acceptors (Lipinski definition) is 6. The van der Waals surface area contributed by atoms with E-state index in [-0.39, 0.29) is 6.42 Å². The van der Waals surface area contributed by atoms with Crippen molar-refractivity contribution in [2.45, 2.75) is 56.1 Å². The van der Waals surface area contributed by atoms with E-state index in [1.54, 1.807) is 11.8 Å². The van der Waals surface area contributed by atoms with E-state index in [4.69, 9.17) is 4.74 Å². The molecule has 1 aliphatic carbocycles. The van der Waals surface area contributed by atoms with E-state index in [0.717, 1.165) is 18.4 Å². The maximum atomic E-state index is 13.3. The molecule has 3 N–H and O–H groups in total. The van der Waals surface area contributed by atoms with E-state index in [1.165, 1.54) is 7.11 Å². The highest BCUT2D eigenvalue weighted by molar-refractivity contribution is 7.98. The maximum absolute atomic E-state index is 13.3. The van der Waals surface area contributed by atoms with Gasteiger partial charge in [0.05, 0.1) is 7.11 Å². The standard InChI is InChI=1S/C22H31N3O5S/c1-30-20(28)18(14-16-8-4-3-5-9-16)24-21(29)22(11-6-7-12-22)25-19(27)17(23-15-26)10-13-31-2/h3-5,8-9,15,17-18H,6-7,10-14H2,1-2H3,(H,23,26)(H,24,29)(H,25,27)/t17-,18-/m0/s1. The highest BCUT2D eigenvalue weighted by Crippen LogP contribution is 2.30. The number of nitrogens with one attached hydrogen (secondary N) is 3. The first-order valence-corrected chi connectivity index (χ1v) is 11.8.